The first kappa shape index (κ1) is 25.6. The van der Waals surface area contributed by atoms with Crippen LogP contribution in [0.3, 0.4) is 0 Å². The molecule has 0 saturated carbocycles. The number of hydrogen-bond donors (Lipinski definition) is 2. The highest BCUT2D eigenvalue weighted by molar-refractivity contribution is 9.10. The molecule has 0 bridgehead atoms. The number of hydrogen-bond acceptors (Lipinski definition) is 6. The maximum atomic E-state index is 13.5. The Morgan fingerprint density at radius 3 is 2.51 bits per heavy atom. The van der Waals surface area contributed by atoms with Crippen LogP contribution in [0.5, 0.6) is 0 Å². The molecule has 0 spiro atoms. The zero-order valence-electron chi connectivity index (χ0n) is 18.2. The van der Waals surface area contributed by atoms with Gasteiger partial charge in [-0.05, 0) is 47.9 Å². The van der Waals surface area contributed by atoms with Gasteiger partial charge >= 0.3 is 0 Å². The smallest absolute Gasteiger partial charge is 0.270 e. The zero-order chi connectivity index (χ0) is 25.3. The van der Waals surface area contributed by atoms with E-state index in [1.807, 2.05) is 24.3 Å². The predicted octanol–water partition coefficient (Wildman–Crippen LogP) is 6.08. The molecule has 2 unspecified atom stereocenters. The molecule has 0 aliphatic carbocycles. The van der Waals surface area contributed by atoms with E-state index in [1.165, 1.54) is 18.2 Å². The fourth-order valence-corrected chi connectivity index (χ4v) is 6.04. The molecule has 8 nitrogen and oxygen atoms in total. The third-order valence-electron chi connectivity index (χ3n) is 5.60. The Bertz CT molecular complexity index is 1430. The summed E-state index contributed by atoms with van der Waals surface area (Å²) >= 11 is 15.9. The first-order valence-corrected chi connectivity index (χ1v) is 13.4. The van der Waals surface area contributed by atoms with Crippen LogP contribution in [-0.4, -0.2) is 19.1 Å². The summed E-state index contributed by atoms with van der Waals surface area (Å²) in [7, 11) is -4.21. The predicted molar refractivity (Wildman–Crippen MR) is 139 cm³/mol. The van der Waals surface area contributed by atoms with E-state index in [0.717, 1.165) is 16.1 Å². The molecule has 182 valence electrons. The minimum atomic E-state index is -4.21. The fraction of sp³-hybridized carbons (Fsp3) is 0.174. The van der Waals surface area contributed by atoms with E-state index in [-0.39, 0.29) is 21.6 Å². The molecular formula is C23H19BrCl2N4O4S. The van der Waals surface area contributed by atoms with Crippen LogP contribution in [0.15, 0.2) is 75.1 Å². The minimum absolute atomic E-state index is 0.171. The van der Waals surface area contributed by atoms with Crippen molar-refractivity contribution in [3.05, 3.63) is 102 Å². The normalized spacial score (nSPS) is 16.5. The van der Waals surface area contributed by atoms with E-state index in [1.54, 1.807) is 19.1 Å². The first-order valence-electron chi connectivity index (χ1n) is 10.3. The number of benzene rings is 3. The second kappa shape index (κ2) is 10.2. The van der Waals surface area contributed by atoms with Crippen molar-refractivity contribution in [2.24, 2.45) is 5.10 Å². The second-order valence-electron chi connectivity index (χ2n) is 7.97. The molecule has 0 aromatic heterocycles. The highest BCUT2D eigenvalue weighted by atomic mass is 79.9. The van der Waals surface area contributed by atoms with Crippen LogP contribution >= 0.6 is 39.1 Å². The number of rotatable bonds is 7. The average Bonchev–Trinajstić information content (AvgIpc) is 3.28. The van der Waals surface area contributed by atoms with Crippen molar-refractivity contribution in [2.45, 2.75) is 30.3 Å². The number of non-ortho nitro benzene ring substituents is 1. The van der Waals surface area contributed by atoms with E-state index in [2.05, 4.69) is 31.2 Å². The maximum Gasteiger partial charge on any atom is 0.270 e. The van der Waals surface area contributed by atoms with Gasteiger partial charge in [0.05, 0.1) is 27.6 Å². The number of sulfonamides is 1. The number of hydrazone groups is 1. The van der Waals surface area contributed by atoms with E-state index in [0.29, 0.717) is 28.3 Å². The monoisotopic (exact) mass is 596 g/mol. The molecule has 1 aliphatic rings. The van der Waals surface area contributed by atoms with Crippen molar-refractivity contribution in [3.8, 4) is 0 Å². The molecule has 3 aromatic carbocycles. The van der Waals surface area contributed by atoms with Crippen molar-refractivity contribution in [1.82, 2.24) is 10.1 Å². The van der Waals surface area contributed by atoms with Crippen LogP contribution in [0.2, 0.25) is 10.0 Å². The van der Waals surface area contributed by atoms with Gasteiger partial charge in [0, 0.05) is 33.1 Å². The fourth-order valence-electron chi connectivity index (χ4n) is 3.79. The van der Waals surface area contributed by atoms with E-state index >= 15 is 0 Å². The number of nitro benzene ring substituents is 1. The van der Waals surface area contributed by atoms with Crippen LogP contribution in [0.4, 0.5) is 5.69 Å². The highest BCUT2D eigenvalue weighted by Crippen LogP contribution is 2.34. The first-order chi connectivity index (χ1) is 16.5. The lowest BCUT2D eigenvalue weighted by Gasteiger charge is -2.21. The highest BCUT2D eigenvalue weighted by Gasteiger charge is 2.33. The number of aryl methyl sites for hydroxylation is 1. The Morgan fingerprint density at radius 2 is 1.86 bits per heavy atom. The third-order valence-corrected chi connectivity index (χ3v) is 8.26. The van der Waals surface area contributed by atoms with Gasteiger partial charge in [0.1, 0.15) is 0 Å². The Morgan fingerprint density at radius 1 is 1.14 bits per heavy atom. The lowest BCUT2D eigenvalue weighted by molar-refractivity contribution is -0.385. The molecular weight excluding hydrogens is 579 g/mol. The van der Waals surface area contributed by atoms with Crippen molar-refractivity contribution >= 4 is 60.6 Å². The summed E-state index contributed by atoms with van der Waals surface area (Å²) in [6.07, 6.45) is 0.404. The number of nitrogens with zero attached hydrogens (tertiary/aromatic N) is 2. The average molecular weight is 598 g/mol. The summed E-state index contributed by atoms with van der Waals surface area (Å²) in [5.41, 5.74) is 5.04. The Hall–Kier alpha value is -2.50. The van der Waals surface area contributed by atoms with E-state index in [9.17, 15) is 18.5 Å². The van der Waals surface area contributed by atoms with Crippen LogP contribution in [0.1, 0.15) is 35.2 Å². The van der Waals surface area contributed by atoms with Crippen molar-refractivity contribution in [3.63, 3.8) is 0 Å². The molecule has 4 rings (SSSR count). The summed E-state index contributed by atoms with van der Waals surface area (Å²) in [6, 6.07) is 15.1. The minimum Gasteiger partial charge on any atom is -0.302 e. The second-order valence-corrected chi connectivity index (χ2v) is 11.4. The molecule has 3 aromatic rings. The summed E-state index contributed by atoms with van der Waals surface area (Å²) in [6.45, 7) is 1.57. The van der Waals surface area contributed by atoms with Crippen LogP contribution in [-0.2, 0) is 10.0 Å². The number of halogens is 3. The summed E-state index contributed by atoms with van der Waals surface area (Å²) in [5, 5.41) is 16.3. The van der Waals surface area contributed by atoms with Crippen LogP contribution < -0.4 is 10.1 Å². The standard InChI is InChI=1S/C23H19BrCl2N4O4S/c1-13-2-8-17(30(31)32)11-22(13)35(33,34)29-23(18-9-7-16(25)10-19(18)26)21-12-20(27-28-21)14-3-5-15(24)6-4-14/h2-11,20,23,27,29H,12H2,1H3. The van der Waals surface area contributed by atoms with Crippen molar-refractivity contribution in [1.29, 1.82) is 0 Å². The lowest BCUT2D eigenvalue weighted by atomic mass is 9.96. The van der Waals surface area contributed by atoms with Crippen LogP contribution in [0, 0.1) is 17.0 Å². The van der Waals surface area contributed by atoms with Gasteiger partial charge in [-0.15, -0.1) is 0 Å². The third kappa shape index (κ3) is 5.68. The molecule has 0 fully saturated rings. The SMILES string of the molecule is Cc1ccc([N+](=O)[O-])cc1S(=O)(=O)NC(C1=NNC(c2ccc(Br)cc2)C1)c1ccc(Cl)cc1Cl. The quantitative estimate of drug-likeness (QED) is 0.253. The summed E-state index contributed by atoms with van der Waals surface area (Å²) in [5.74, 6) is 0. The molecule has 35 heavy (non-hydrogen) atoms. The zero-order valence-corrected chi connectivity index (χ0v) is 22.1. The maximum absolute atomic E-state index is 13.5. The summed E-state index contributed by atoms with van der Waals surface area (Å²) in [4.78, 5) is 10.4. The largest absolute Gasteiger partial charge is 0.302 e. The topological polar surface area (TPSA) is 114 Å². The van der Waals surface area contributed by atoms with Gasteiger partial charge in [0.25, 0.3) is 5.69 Å². The van der Waals surface area contributed by atoms with Gasteiger partial charge in [-0.25, -0.2) is 8.42 Å². The molecule has 1 aliphatic heterocycles. The molecule has 2 N–H and O–H groups in total. The number of nitrogens with one attached hydrogen (secondary N) is 2. The number of nitro groups is 1. The summed E-state index contributed by atoms with van der Waals surface area (Å²) < 4.78 is 30.5. The van der Waals surface area contributed by atoms with Gasteiger partial charge in [0.15, 0.2) is 0 Å². The lowest BCUT2D eigenvalue weighted by Crippen LogP contribution is -2.34. The Balaban J connectivity index is 1.72. The van der Waals surface area contributed by atoms with Crippen LogP contribution in [0.25, 0.3) is 0 Å². The molecule has 2 atom stereocenters. The molecule has 12 heteroatoms. The molecule has 0 saturated heterocycles. The van der Waals surface area contributed by atoms with Crippen molar-refractivity contribution < 1.29 is 13.3 Å². The van der Waals surface area contributed by atoms with Gasteiger partial charge < -0.3 is 5.43 Å². The van der Waals surface area contributed by atoms with E-state index < -0.39 is 21.0 Å². The van der Waals surface area contributed by atoms with Gasteiger partial charge in [0.2, 0.25) is 10.0 Å². The van der Waals surface area contributed by atoms with Gasteiger partial charge in [-0.1, -0.05) is 63.4 Å². The van der Waals surface area contributed by atoms with Crippen molar-refractivity contribution in [2.75, 3.05) is 0 Å². The van der Waals surface area contributed by atoms with Gasteiger partial charge in [-0.2, -0.15) is 9.82 Å². The molecule has 0 amide bonds. The molecule has 1 heterocycles. The van der Waals surface area contributed by atoms with E-state index in [4.69, 9.17) is 23.2 Å². The Kier molecular flexibility index (Phi) is 7.48. The molecule has 0 radical (unpaired) electrons. The van der Waals surface area contributed by atoms with Gasteiger partial charge in [-0.3, -0.25) is 10.1 Å². The Labute approximate surface area is 220 Å².